The highest BCUT2D eigenvalue weighted by atomic mass is 16.6. The van der Waals surface area contributed by atoms with E-state index in [1.54, 1.807) is 50.3 Å². The molecule has 3 rings (SSSR count). The van der Waals surface area contributed by atoms with E-state index in [1.165, 1.54) is 12.2 Å². The largest absolute Gasteiger partial charge is 0.480 e. The lowest BCUT2D eigenvalue weighted by atomic mass is 9.90. The highest BCUT2D eigenvalue weighted by Gasteiger charge is 2.39. The van der Waals surface area contributed by atoms with Gasteiger partial charge in [-0.05, 0) is 32.1 Å². The van der Waals surface area contributed by atoms with E-state index < -0.39 is 23.6 Å². The molecule has 0 saturated carbocycles. The molecular weight excluding hydrogens is 410 g/mol. The molecule has 8 nitrogen and oxygen atoms in total. The Hall–Kier alpha value is -4.61. The van der Waals surface area contributed by atoms with Gasteiger partial charge in [-0.1, -0.05) is 24.8 Å². The van der Waals surface area contributed by atoms with Crippen LogP contribution in [0.1, 0.15) is 13.8 Å². The maximum Gasteiger partial charge on any atom is 0.338 e. The third-order valence-corrected chi connectivity index (χ3v) is 4.92. The van der Waals surface area contributed by atoms with Crippen molar-refractivity contribution in [1.29, 1.82) is 15.8 Å². The molecule has 0 saturated heterocycles. The van der Waals surface area contributed by atoms with E-state index in [9.17, 15) is 14.9 Å². The monoisotopic (exact) mass is 427 g/mol. The molecule has 0 bridgehead atoms. The van der Waals surface area contributed by atoms with E-state index in [0.29, 0.717) is 5.57 Å². The van der Waals surface area contributed by atoms with Crippen molar-refractivity contribution < 1.29 is 23.8 Å². The Labute approximate surface area is 184 Å². The molecule has 0 fully saturated rings. The van der Waals surface area contributed by atoms with Crippen LogP contribution >= 0.6 is 0 Å². The summed E-state index contributed by atoms with van der Waals surface area (Å²) in [7, 11) is 0. The second-order valence-corrected chi connectivity index (χ2v) is 7.40. The molecule has 0 N–H and O–H groups in total. The van der Waals surface area contributed by atoms with Gasteiger partial charge in [0.15, 0.2) is 11.3 Å². The Morgan fingerprint density at radius 1 is 1.22 bits per heavy atom. The number of nitrogens with zero attached hydrogens (tertiary/aromatic N) is 3. The lowest BCUT2D eigenvalue weighted by Gasteiger charge is -2.28. The first-order valence-corrected chi connectivity index (χ1v) is 9.48. The van der Waals surface area contributed by atoms with Gasteiger partial charge in [-0.25, -0.2) is 9.59 Å². The maximum absolute atomic E-state index is 12.5. The molecule has 0 radical (unpaired) electrons. The van der Waals surface area contributed by atoms with Gasteiger partial charge >= 0.3 is 11.9 Å². The van der Waals surface area contributed by atoms with Crippen LogP contribution in [0.5, 0.6) is 0 Å². The maximum atomic E-state index is 12.5. The number of carbonyl (C=O) groups is 2. The zero-order valence-electron chi connectivity index (χ0n) is 17.3. The molecular formula is C24H17N3O5. The van der Waals surface area contributed by atoms with Crippen molar-refractivity contribution in [3.05, 3.63) is 82.9 Å². The van der Waals surface area contributed by atoms with Crippen LogP contribution in [-0.2, 0) is 23.8 Å². The van der Waals surface area contributed by atoms with Crippen molar-refractivity contribution in [2.45, 2.75) is 25.6 Å². The van der Waals surface area contributed by atoms with E-state index in [2.05, 4.69) is 6.58 Å². The lowest BCUT2D eigenvalue weighted by Crippen LogP contribution is -2.31. The summed E-state index contributed by atoms with van der Waals surface area (Å²) >= 11 is 0. The molecule has 32 heavy (non-hydrogen) atoms. The quantitative estimate of drug-likeness (QED) is 0.380. The fraction of sp³-hybridized carbons (Fsp3) is 0.208. The Morgan fingerprint density at radius 3 is 2.56 bits per heavy atom. The van der Waals surface area contributed by atoms with Gasteiger partial charge in [0, 0.05) is 17.6 Å². The van der Waals surface area contributed by atoms with Crippen molar-refractivity contribution in [3.63, 3.8) is 0 Å². The molecule has 0 amide bonds. The van der Waals surface area contributed by atoms with Crippen LogP contribution in [0.2, 0.25) is 0 Å². The molecule has 3 aliphatic rings. The fourth-order valence-electron chi connectivity index (χ4n) is 3.38. The Kier molecular flexibility index (Phi) is 5.96. The normalized spacial score (nSPS) is 23.0. The third kappa shape index (κ3) is 4.14. The highest BCUT2D eigenvalue weighted by molar-refractivity contribution is 5.93. The van der Waals surface area contributed by atoms with Crippen LogP contribution in [0.3, 0.4) is 0 Å². The van der Waals surface area contributed by atoms with Crippen LogP contribution in [0, 0.1) is 39.9 Å². The summed E-state index contributed by atoms with van der Waals surface area (Å²) < 4.78 is 16.2. The first kappa shape index (κ1) is 22.1. The Bertz CT molecular complexity index is 1200. The number of hydrogen-bond acceptors (Lipinski definition) is 8. The summed E-state index contributed by atoms with van der Waals surface area (Å²) in [6.45, 7) is 6.71. The van der Waals surface area contributed by atoms with Crippen LogP contribution in [0.4, 0.5) is 0 Å². The van der Waals surface area contributed by atoms with Crippen molar-refractivity contribution >= 4 is 11.9 Å². The van der Waals surface area contributed by atoms with Gasteiger partial charge in [-0.2, -0.15) is 15.8 Å². The highest BCUT2D eigenvalue weighted by Crippen LogP contribution is 2.40. The predicted octanol–water partition coefficient (Wildman–Crippen LogP) is 3.12. The smallest absolute Gasteiger partial charge is 0.338 e. The molecule has 0 spiro atoms. The number of allylic oxidation sites excluding steroid dienone is 3. The average Bonchev–Trinajstić information content (AvgIpc) is 3.02. The van der Waals surface area contributed by atoms with Crippen molar-refractivity contribution in [2.24, 2.45) is 5.92 Å². The minimum Gasteiger partial charge on any atom is -0.480 e. The summed E-state index contributed by atoms with van der Waals surface area (Å²) in [4.78, 5) is 23.8. The summed E-state index contributed by atoms with van der Waals surface area (Å²) in [5, 5.41) is 27.9. The van der Waals surface area contributed by atoms with Crippen LogP contribution in [0.15, 0.2) is 82.9 Å². The van der Waals surface area contributed by atoms with Crippen LogP contribution in [0.25, 0.3) is 0 Å². The molecule has 2 heterocycles. The number of nitriles is 3. The summed E-state index contributed by atoms with van der Waals surface area (Å²) in [6.07, 6.45) is 10.0. The van der Waals surface area contributed by atoms with Crippen molar-refractivity contribution in [1.82, 2.24) is 0 Å². The molecule has 0 aromatic heterocycles. The molecule has 2 aliphatic heterocycles. The molecule has 0 aromatic rings. The Morgan fingerprint density at radius 2 is 1.94 bits per heavy atom. The minimum absolute atomic E-state index is 0.0566. The van der Waals surface area contributed by atoms with Gasteiger partial charge in [-0.15, -0.1) is 0 Å². The molecule has 158 valence electrons. The first-order chi connectivity index (χ1) is 15.2. The van der Waals surface area contributed by atoms with E-state index in [4.69, 9.17) is 24.7 Å². The molecule has 1 aliphatic carbocycles. The van der Waals surface area contributed by atoms with Gasteiger partial charge in [0.2, 0.25) is 0 Å². The summed E-state index contributed by atoms with van der Waals surface area (Å²) in [6, 6.07) is 5.43. The van der Waals surface area contributed by atoms with Gasteiger partial charge in [0.05, 0.1) is 5.57 Å². The summed E-state index contributed by atoms with van der Waals surface area (Å²) in [5.41, 5.74) is -0.554. The number of esters is 2. The lowest BCUT2D eigenvalue weighted by molar-refractivity contribution is -0.144. The minimum atomic E-state index is -0.991. The second kappa shape index (κ2) is 8.63. The molecule has 2 unspecified atom stereocenters. The van der Waals surface area contributed by atoms with Crippen LogP contribution < -0.4 is 0 Å². The topological polar surface area (TPSA) is 133 Å². The van der Waals surface area contributed by atoms with E-state index in [1.807, 2.05) is 6.07 Å². The average molecular weight is 427 g/mol. The van der Waals surface area contributed by atoms with Crippen molar-refractivity contribution in [2.75, 3.05) is 0 Å². The number of hydrogen-bond donors (Lipinski definition) is 0. The van der Waals surface area contributed by atoms with E-state index >= 15 is 0 Å². The zero-order chi connectivity index (χ0) is 23.5. The number of fused-ring (bicyclic) bond motifs is 1. The fourth-order valence-corrected chi connectivity index (χ4v) is 3.38. The standard InChI is InChI=1S/C24H17N3O5/c1-4-21(28)30-17-7-5-14-9-15(23(29)31-20(14)10-17)6-8-19-18(13-27)22(16(11-25)12-26)32-24(19,2)3/h4-10,14,20H,1H2,2-3H3/b8-6+. The number of carbonyl (C=O) groups excluding carboxylic acids is 2. The second-order valence-electron chi connectivity index (χ2n) is 7.40. The number of rotatable bonds is 4. The SMILES string of the molecule is C=CC(=O)OC1=CC2OC(=O)C(/C=C/C3=C(C#N)C(=C(C#N)C#N)OC3(C)C)=CC2C=C1. The Balaban J connectivity index is 1.91. The molecule has 2 atom stereocenters. The number of ether oxygens (including phenoxy) is 3. The molecule has 8 heteroatoms. The third-order valence-electron chi connectivity index (χ3n) is 4.92. The molecule has 0 aromatic carbocycles. The van der Waals surface area contributed by atoms with Gasteiger partial charge < -0.3 is 14.2 Å². The summed E-state index contributed by atoms with van der Waals surface area (Å²) in [5.74, 6) is -1.30. The predicted molar refractivity (Wildman–Crippen MR) is 110 cm³/mol. The first-order valence-electron chi connectivity index (χ1n) is 9.48. The van der Waals surface area contributed by atoms with Gasteiger partial charge in [0.25, 0.3) is 0 Å². The van der Waals surface area contributed by atoms with Gasteiger partial charge in [-0.3, -0.25) is 0 Å². The van der Waals surface area contributed by atoms with E-state index in [0.717, 1.165) is 6.08 Å². The van der Waals surface area contributed by atoms with E-state index in [-0.39, 0.29) is 34.2 Å². The van der Waals surface area contributed by atoms with Crippen LogP contribution in [-0.4, -0.2) is 23.6 Å². The van der Waals surface area contributed by atoms with Gasteiger partial charge in [0.1, 0.15) is 41.2 Å². The van der Waals surface area contributed by atoms with Crippen molar-refractivity contribution in [3.8, 4) is 18.2 Å². The zero-order valence-corrected chi connectivity index (χ0v) is 17.3.